The number of ether oxygens (including phenoxy) is 2. The Labute approximate surface area is 311 Å². The van der Waals surface area contributed by atoms with E-state index in [2.05, 4.69) is 77.9 Å². The van der Waals surface area contributed by atoms with Crippen LogP contribution in [0.3, 0.4) is 0 Å². The van der Waals surface area contributed by atoms with E-state index in [0.717, 1.165) is 54.9 Å². The third-order valence-electron chi connectivity index (χ3n) is 10.6. The van der Waals surface area contributed by atoms with Crippen molar-refractivity contribution in [3.8, 4) is 11.3 Å². The van der Waals surface area contributed by atoms with Crippen LogP contribution in [0.15, 0.2) is 42.7 Å². The van der Waals surface area contributed by atoms with Gasteiger partial charge in [-0.2, -0.15) is 0 Å². The number of aromatic nitrogens is 4. The Morgan fingerprint density at radius 2 is 1.51 bits per heavy atom. The molecule has 286 valence electrons. The first-order chi connectivity index (χ1) is 25.2. The zero-order valence-electron chi connectivity index (χ0n) is 32.0. The smallest absolute Gasteiger partial charge is 0.407 e. The number of carbonyl (C=O) groups excluding carboxylic acids is 4. The lowest BCUT2D eigenvalue weighted by molar-refractivity contribution is -0.135. The molecule has 0 saturated carbocycles. The van der Waals surface area contributed by atoms with Crippen LogP contribution in [0.4, 0.5) is 9.59 Å². The number of allylic oxidation sites excluding steroid dienone is 2. The third-order valence-corrected chi connectivity index (χ3v) is 10.6. The van der Waals surface area contributed by atoms with Gasteiger partial charge < -0.3 is 40.3 Å². The van der Waals surface area contributed by atoms with Crippen molar-refractivity contribution in [2.75, 3.05) is 20.8 Å². The highest BCUT2D eigenvalue weighted by Gasteiger charge is 2.38. The quantitative estimate of drug-likeness (QED) is 0.152. The number of nitrogens with zero attached hydrogens (tertiary/aromatic N) is 3. The molecule has 5 N–H and O–H groups in total. The van der Waals surface area contributed by atoms with E-state index in [1.54, 1.807) is 0 Å². The average Bonchev–Trinajstić information content (AvgIpc) is 3.94. The van der Waals surface area contributed by atoms with E-state index in [1.807, 2.05) is 51.9 Å². The third kappa shape index (κ3) is 8.91. The number of benzene rings is 1. The van der Waals surface area contributed by atoms with Gasteiger partial charge in [-0.15, -0.1) is 0 Å². The van der Waals surface area contributed by atoms with Crippen LogP contribution in [-0.2, 0) is 24.5 Å². The van der Waals surface area contributed by atoms with Crippen molar-refractivity contribution in [3.63, 3.8) is 0 Å². The first-order valence-corrected chi connectivity index (χ1v) is 18.4. The van der Waals surface area contributed by atoms with Crippen LogP contribution in [-0.4, -0.2) is 81.7 Å². The highest BCUT2D eigenvalue weighted by molar-refractivity contribution is 5.87. The number of alkyl carbamates (subject to hydrolysis) is 2. The molecule has 3 heterocycles. The summed E-state index contributed by atoms with van der Waals surface area (Å²) in [6.45, 7) is 12.3. The molecule has 1 unspecified atom stereocenters. The van der Waals surface area contributed by atoms with Crippen LogP contribution >= 0.6 is 0 Å². The highest BCUT2D eigenvalue weighted by atomic mass is 16.5. The maximum absolute atomic E-state index is 13.5. The molecule has 53 heavy (non-hydrogen) atoms. The zero-order chi connectivity index (χ0) is 38.4. The number of hydrogen-bond donors (Lipinski definition) is 5. The molecule has 1 aromatic carbocycles. The Hall–Kier alpha value is -5.14. The van der Waals surface area contributed by atoms with Gasteiger partial charge in [0.25, 0.3) is 0 Å². The van der Waals surface area contributed by atoms with Gasteiger partial charge in [-0.3, -0.25) is 9.59 Å². The van der Waals surface area contributed by atoms with E-state index in [1.165, 1.54) is 25.4 Å². The largest absolute Gasteiger partial charge is 0.453 e. The summed E-state index contributed by atoms with van der Waals surface area (Å²) < 4.78 is 9.43. The molecule has 2 aliphatic rings. The van der Waals surface area contributed by atoms with Gasteiger partial charge in [0.1, 0.15) is 23.7 Å². The molecule has 14 heteroatoms. The second-order valence-corrected chi connectivity index (χ2v) is 15.1. The van der Waals surface area contributed by atoms with E-state index >= 15 is 0 Å². The Bertz CT molecular complexity index is 1800. The fourth-order valence-electron chi connectivity index (χ4n) is 7.18. The Morgan fingerprint density at radius 3 is 2.11 bits per heavy atom. The average molecular weight is 731 g/mol. The van der Waals surface area contributed by atoms with Crippen LogP contribution in [0, 0.1) is 11.8 Å². The first-order valence-electron chi connectivity index (χ1n) is 18.4. The molecule has 14 nitrogen and oxygen atoms in total. The van der Waals surface area contributed by atoms with Crippen molar-refractivity contribution in [3.05, 3.63) is 65.6 Å². The SMILES string of the molecule is COC(=O)N[C@H](C(=O)N[C@@H](C)c1ncc(C2=CCC(C)(c3ccc(-c4cnc([C@@H]5CCCN5C(=O)[C@@H](NC(=O)OC)C(C)C)[nH]4)cc3)CC2)[nH]1)C(C)C. The van der Waals surface area contributed by atoms with E-state index in [9.17, 15) is 19.2 Å². The van der Waals surface area contributed by atoms with Crippen LogP contribution in [0.2, 0.25) is 0 Å². The molecular formula is C39H54N8O6. The Balaban J connectivity index is 1.21. The van der Waals surface area contributed by atoms with Gasteiger partial charge >= 0.3 is 12.2 Å². The monoisotopic (exact) mass is 730 g/mol. The highest BCUT2D eigenvalue weighted by Crippen LogP contribution is 2.41. The number of nitrogens with one attached hydrogen (secondary N) is 5. The molecule has 5 rings (SSSR count). The van der Waals surface area contributed by atoms with Crippen molar-refractivity contribution in [1.82, 2.24) is 40.8 Å². The summed E-state index contributed by atoms with van der Waals surface area (Å²) in [6, 6.07) is 6.61. The fraction of sp³-hybridized carbons (Fsp3) is 0.538. The minimum atomic E-state index is -0.730. The molecule has 0 bridgehead atoms. The van der Waals surface area contributed by atoms with Crippen molar-refractivity contribution < 1.29 is 28.7 Å². The topological polar surface area (TPSA) is 183 Å². The van der Waals surface area contributed by atoms with E-state index < -0.39 is 24.3 Å². The van der Waals surface area contributed by atoms with Crippen LogP contribution in [0.1, 0.15) is 109 Å². The summed E-state index contributed by atoms with van der Waals surface area (Å²) in [7, 11) is 2.56. The van der Waals surface area contributed by atoms with E-state index in [4.69, 9.17) is 4.74 Å². The van der Waals surface area contributed by atoms with Gasteiger partial charge in [-0.1, -0.05) is 65.0 Å². The van der Waals surface area contributed by atoms with Gasteiger partial charge in [0, 0.05) is 6.54 Å². The van der Waals surface area contributed by atoms with Crippen molar-refractivity contribution in [1.29, 1.82) is 0 Å². The van der Waals surface area contributed by atoms with Crippen LogP contribution in [0.25, 0.3) is 16.8 Å². The molecule has 0 radical (unpaired) electrons. The number of aromatic amines is 2. The second-order valence-electron chi connectivity index (χ2n) is 15.1. The molecule has 5 atom stereocenters. The van der Waals surface area contributed by atoms with Gasteiger partial charge in [0.2, 0.25) is 11.8 Å². The molecule has 1 fully saturated rings. The number of carbonyl (C=O) groups is 4. The minimum absolute atomic E-state index is 0.0420. The van der Waals surface area contributed by atoms with Gasteiger partial charge in [-0.05, 0) is 73.0 Å². The number of imidazole rings is 2. The molecule has 1 aliphatic carbocycles. The maximum Gasteiger partial charge on any atom is 0.407 e. The van der Waals surface area contributed by atoms with Gasteiger partial charge in [-0.25, -0.2) is 19.6 Å². The molecule has 1 aliphatic heterocycles. The summed E-state index contributed by atoms with van der Waals surface area (Å²) >= 11 is 0. The normalized spacial score (nSPS) is 20.4. The number of H-pyrrole nitrogens is 2. The van der Waals surface area contributed by atoms with E-state index in [0.29, 0.717) is 12.4 Å². The summed E-state index contributed by atoms with van der Waals surface area (Å²) in [5, 5.41) is 8.25. The maximum atomic E-state index is 13.5. The summed E-state index contributed by atoms with van der Waals surface area (Å²) in [4.78, 5) is 68.1. The predicted octanol–water partition coefficient (Wildman–Crippen LogP) is 5.93. The Morgan fingerprint density at radius 1 is 0.868 bits per heavy atom. The molecule has 0 spiro atoms. The van der Waals surface area contributed by atoms with Crippen molar-refractivity contribution in [2.45, 2.75) is 103 Å². The Kier molecular flexibility index (Phi) is 12.3. The van der Waals surface area contributed by atoms with Crippen LogP contribution in [0.5, 0.6) is 0 Å². The van der Waals surface area contributed by atoms with E-state index in [-0.39, 0.29) is 41.1 Å². The molecular weight excluding hydrogens is 676 g/mol. The first kappa shape index (κ1) is 39.1. The van der Waals surface area contributed by atoms with Crippen molar-refractivity contribution in [2.24, 2.45) is 11.8 Å². The standard InChI is InChI=1S/C39H54N8O6/c1-22(2)31(45-37(50)52-7)35(48)42-24(5)33-40-20-29(43-33)26-15-17-39(6,18-16-26)27-13-11-25(12-14-27)28-21-41-34(44-28)30-10-9-19-47(30)36(49)32(23(3)4)46-38(51)53-8/h11-15,20-24,30-32H,9-10,16-19H2,1-8H3,(H,40,43)(H,41,44)(H,42,48)(H,45,50)(H,46,51)/t24-,30-,31-,32-,39?/m0/s1. The lowest BCUT2D eigenvalue weighted by atomic mass is 9.71. The summed E-state index contributed by atoms with van der Waals surface area (Å²) in [5.41, 5.74) is 5.23. The van der Waals surface area contributed by atoms with Crippen LogP contribution < -0.4 is 16.0 Å². The van der Waals surface area contributed by atoms with Gasteiger partial charge in [0.15, 0.2) is 0 Å². The van der Waals surface area contributed by atoms with Gasteiger partial charge in [0.05, 0.1) is 50.1 Å². The lowest BCUT2D eigenvalue weighted by Gasteiger charge is -2.33. The molecule has 1 saturated heterocycles. The number of rotatable bonds is 12. The fourth-order valence-corrected chi connectivity index (χ4v) is 7.18. The molecule has 4 amide bonds. The number of likely N-dealkylation sites (tertiary alicyclic amines) is 1. The predicted molar refractivity (Wildman–Crippen MR) is 200 cm³/mol. The molecule has 3 aromatic rings. The zero-order valence-corrected chi connectivity index (χ0v) is 32.0. The van der Waals surface area contributed by atoms with Crippen molar-refractivity contribution >= 4 is 29.6 Å². The number of hydrogen-bond acceptors (Lipinski definition) is 8. The summed E-state index contributed by atoms with van der Waals surface area (Å²) in [6.07, 6.45) is 8.96. The summed E-state index contributed by atoms with van der Waals surface area (Å²) in [5.74, 6) is 0.716. The number of amides is 4. The molecule has 2 aromatic heterocycles. The minimum Gasteiger partial charge on any atom is -0.453 e. The second kappa shape index (κ2) is 16.7. The lowest BCUT2D eigenvalue weighted by Crippen LogP contribution is -2.51. The number of methoxy groups -OCH3 is 2.